The van der Waals surface area contributed by atoms with E-state index in [4.69, 9.17) is 14.2 Å². The Labute approximate surface area is 121 Å². The molecule has 108 valence electrons. The molecule has 1 aliphatic heterocycles. The van der Waals surface area contributed by atoms with Gasteiger partial charge in [0.1, 0.15) is 5.75 Å². The van der Waals surface area contributed by atoms with Gasteiger partial charge in [0.15, 0.2) is 17.6 Å². The first kappa shape index (κ1) is 13.2. The second kappa shape index (κ2) is 5.70. The summed E-state index contributed by atoms with van der Waals surface area (Å²) < 4.78 is 16.1. The zero-order valence-corrected chi connectivity index (χ0v) is 11.4. The second-order valence-electron chi connectivity index (χ2n) is 4.50. The Kier molecular flexibility index (Phi) is 3.59. The fraction of sp³-hybridized carbons (Fsp3) is 0.200. The van der Waals surface area contributed by atoms with Crippen LogP contribution in [-0.4, -0.2) is 23.8 Å². The monoisotopic (exact) mass is 286 g/mol. The molecule has 1 N–H and O–H groups in total. The standard InChI is InChI=1S/C15H14N2O4/c1-10(15(18)17-11-4-6-16-7-5-11)21-12-2-3-13-14(8-12)20-9-19-13/h2-8,10H,9H2,1H3,(H,16,17,18). The number of benzene rings is 1. The maximum Gasteiger partial charge on any atom is 0.265 e. The Morgan fingerprint density at radius 1 is 1.24 bits per heavy atom. The third-order valence-corrected chi connectivity index (χ3v) is 2.97. The Balaban J connectivity index is 1.63. The number of nitrogens with one attached hydrogen (secondary N) is 1. The minimum atomic E-state index is -0.640. The minimum Gasteiger partial charge on any atom is -0.481 e. The lowest BCUT2D eigenvalue weighted by Gasteiger charge is -2.14. The molecular weight excluding hydrogens is 272 g/mol. The highest BCUT2D eigenvalue weighted by atomic mass is 16.7. The molecular formula is C15H14N2O4. The van der Waals surface area contributed by atoms with Crippen LogP contribution in [0.5, 0.6) is 17.2 Å². The van der Waals surface area contributed by atoms with Crippen molar-refractivity contribution in [3.8, 4) is 17.2 Å². The predicted octanol–water partition coefficient (Wildman–Crippen LogP) is 2.22. The SMILES string of the molecule is CC(Oc1ccc2c(c1)OCO2)C(=O)Nc1ccncc1. The average molecular weight is 286 g/mol. The Morgan fingerprint density at radius 3 is 2.81 bits per heavy atom. The summed E-state index contributed by atoms with van der Waals surface area (Å²) in [6, 6.07) is 8.63. The van der Waals surface area contributed by atoms with Crippen LogP contribution < -0.4 is 19.5 Å². The van der Waals surface area contributed by atoms with Crippen LogP contribution >= 0.6 is 0 Å². The Bertz CT molecular complexity index is 645. The van der Waals surface area contributed by atoms with Gasteiger partial charge in [0, 0.05) is 24.1 Å². The van der Waals surface area contributed by atoms with Crippen LogP contribution in [0.25, 0.3) is 0 Å². The largest absolute Gasteiger partial charge is 0.481 e. The van der Waals surface area contributed by atoms with Crippen molar-refractivity contribution in [1.29, 1.82) is 0 Å². The van der Waals surface area contributed by atoms with Crippen LogP contribution in [0.4, 0.5) is 5.69 Å². The summed E-state index contributed by atoms with van der Waals surface area (Å²) >= 11 is 0. The molecule has 0 radical (unpaired) electrons. The molecule has 0 aliphatic carbocycles. The van der Waals surface area contributed by atoms with Crippen molar-refractivity contribution in [2.45, 2.75) is 13.0 Å². The van der Waals surface area contributed by atoms with Crippen LogP contribution in [0.1, 0.15) is 6.92 Å². The molecule has 0 saturated carbocycles. The number of fused-ring (bicyclic) bond motifs is 1. The van der Waals surface area contributed by atoms with Gasteiger partial charge in [-0.25, -0.2) is 0 Å². The first-order valence-corrected chi connectivity index (χ1v) is 6.49. The Morgan fingerprint density at radius 2 is 2.00 bits per heavy atom. The topological polar surface area (TPSA) is 69.7 Å². The zero-order chi connectivity index (χ0) is 14.7. The molecule has 0 bridgehead atoms. The van der Waals surface area contributed by atoms with Gasteiger partial charge in [-0.1, -0.05) is 0 Å². The van der Waals surface area contributed by atoms with Crippen molar-refractivity contribution < 1.29 is 19.0 Å². The number of ether oxygens (including phenoxy) is 3. The Hall–Kier alpha value is -2.76. The van der Waals surface area contributed by atoms with Crippen molar-refractivity contribution in [3.05, 3.63) is 42.7 Å². The summed E-state index contributed by atoms with van der Waals surface area (Å²) in [6.07, 6.45) is 2.58. The van der Waals surface area contributed by atoms with Gasteiger partial charge in [-0.05, 0) is 31.2 Å². The number of rotatable bonds is 4. The molecule has 1 amide bonds. The molecule has 1 aliphatic rings. The van der Waals surface area contributed by atoms with Crippen molar-refractivity contribution in [1.82, 2.24) is 4.98 Å². The van der Waals surface area contributed by atoms with Gasteiger partial charge in [-0.2, -0.15) is 0 Å². The number of carbonyl (C=O) groups is 1. The number of hydrogen-bond donors (Lipinski definition) is 1. The van der Waals surface area contributed by atoms with Crippen LogP contribution in [0.15, 0.2) is 42.7 Å². The molecule has 1 aromatic carbocycles. The van der Waals surface area contributed by atoms with E-state index >= 15 is 0 Å². The maximum atomic E-state index is 12.0. The molecule has 2 aromatic rings. The number of amides is 1. The lowest BCUT2D eigenvalue weighted by atomic mass is 10.3. The third-order valence-electron chi connectivity index (χ3n) is 2.97. The van der Waals surface area contributed by atoms with Gasteiger partial charge in [0.25, 0.3) is 5.91 Å². The number of aromatic nitrogens is 1. The van der Waals surface area contributed by atoms with Crippen molar-refractivity contribution in [3.63, 3.8) is 0 Å². The summed E-state index contributed by atoms with van der Waals surface area (Å²) in [5.74, 6) is 1.61. The molecule has 0 fully saturated rings. The average Bonchev–Trinajstić information content (AvgIpc) is 2.95. The van der Waals surface area contributed by atoms with E-state index in [1.165, 1.54) is 0 Å². The van der Waals surface area contributed by atoms with E-state index < -0.39 is 6.10 Å². The number of hydrogen-bond acceptors (Lipinski definition) is 5. The van der Waals surface area contributed by atoms with E-state index in [1.807, 2.05) is 0 Å². The van der Waals surface area contributed by atoms with Crippen molar-refractivity contribution in [2.75, 3.05) is 12.1 Å². The summed E-state index contributed by atoms with van der Waals surface area (Å²) in [7, 11) is 0. The van der Waals surface area contributed by atoms with Gasteiger partial charge in [0.05, 0.1) is 0 Å². The maximum absolute atomic E-state index is 12.0. The quantitative estimate of drug-likeness (QED) is 0.933. The van der Waals surface area contributed by atoms with Gasteiger partial charge < -0.3 is 19.5 Å². The molecule has 3 rings (SSSR count). The normalized spacial score (nSPS) is 13.6. The van der Waals surface area contributed by atoms with Gasteiger partial charge >= 0.3 is 0 Å². The van der Waals surface area contributed by atoms with Crippen LogP contribution in [0.2, 0.25) is 0 Å². The van der Waals surface area contributed by atoms with Crippen LogP contribution in [0.3, 0.4) is 0 Å². The van der Waals surface area contributed by atoms with Gasteiger partial charge in [-0.15, -0.1) is 0 Å². The molecule has 6 nitrogen and oxygen atoms in total. The highest BCUT2D eigenvalue weighted by molar-refractivity contribution is 5.94. The van der Waals surface area contributed by atoms with Crippen LogP contribution in [-0.2, 0) is 4.79 Å². The third kappa shape index (κ3) is 3.05. The molecule has 1 atom stereocenters. The van der Waals surface area contributed by atoms with E-state index in [9.17, 15) is 4.79 Å². The highest BCUT2D eigenvalue weighted by Crippen LogP contribution is 2.35. The zero-order valence-electron chi connectivity index (χ0n) is 11.4. The summed E-state index contributed by atoms with van der Waals surface area (Å²) in [5, 5.41) is 2.75. The fourth-order valence-corrected chi connectivity index (χ4v) is 1.89. The van der Waals surface area contributed by atoms with E-state index in [0.29, 0.717) is 22.9 Å². The summed E-state index contributed by atoms with van der Waals surface area (Å²) in [6.45, 7) is 1.89. The molecule has 1 aromatic heterocycles. The number of pyridine rings is 1. The summed E-state index contributed by atoms with van der Waals surface area (Å²) in [4.78, 5) is 15.9. The van der Waals surface area contributed by atoms with E-state index in [-0.39, 0.29) is 12.7 Å². The van der Waals surface area contributed by atoms with Gasteiger partial charge in [0.2, 0.25) is 6.79 Å². The van der Waals surface area contributed by atoms with E-state index in [1.54, 1.807) is 49.6 Å². The van der Waals surface area contributed by atoms with E-state index in [2.05, 4.69) is 10.3 Å². The lowest BCUT2D eigenvalue weighted by molar-refractivity contribution is -0.122. The number of nitrogens with zero attached hydrogens (tertiary/aromatic N) is 1. The number of anilines is 1. The molecule has 2 heterocycles. The fourth-order valence-electron chi connectivity index (χ4n) is 1.89. The van der Waals surface area contributed by atoms with Crippen molar-refractivity contribution >= 4 is 11.6 Å². The van der Waals surface area contributed by atoms with Crippen molar-refractivity contribution in [2.24, 2.45) is 0 Å². The van der Waals surface area contributed by atoms with Gasteiger partial charge in [-0.3, -0.25) is 9.78 Å². The molecule has 21 heavy (non-hydrogen) atoms. The van der Waals surface area contributed by atoms with E-state index in [0.717, 1.165) is 0 Å². The second-order valence-corrected chi connectivity index (χ2v) is 4.50. The highest BCUT2D eigenvalue weighted by Gasteiger charge is 2.18. The number of carbonyl (C=O) groups excluding carboxylic acids is 1. The first-order chi connectivity index (χ1) is 10.2. The molecule has 6 heteroatoms. The minimum absolute atomic E-state index is 0.205. The molecule has 0 saturated heterocycles. The smallest absolute Gasteiger partial charge is 0.265 e. The first-order valence-electron chi connectivity index (χ1n) is 6.49. The molecule has 0 spiro atoms. The lowest BCUT2D eigenvalue weighted by Crippen LogP contribution is -2.30. The predicted molar refractivity (Wildman–Crippen MR) is 75.5 cm³/mol. The summed E-state index contributed by atoms with van der Waals surface area (Å²) in [5.41, 5.74) is 0.677. The molecule has 1 unspecified atom stereocenters. The van der Waals surface area contributed by atoms with Crippen LogP contribution in [0, 0.1) is 0 Å².